The van der Waals surface area contributed by atoms with Gasteiger partial charge in [0, 0.05) is 18.4 Å². The van der Waals surface area contributed by atoms with Gasteiger partial charge in [0.2, 0.25) is 5.91 Å². The van der Waals surface area contributed by atoms with Crippen molar-refractivity contribution in [1.29, 1.82) is 0 Å². The van der Waals surface area contributed by atoms with Crippen LogP contribution in [0.4, 0.5) is 0 Å². The number of amides is 1. The molecule has 18 heavy (non-hydrogen) atoms. The van der Waals surface area contributed by atoms with E-state index in [4.69, 9.17) is 9.47 Å². The van der Waals surface area contributed by atoms with Crippen LogP contribution in [0.1, 0.15) is 26.2 Å². The molecule has 2 aliphatic rings. The molecule has 0 aromatic rings. The van der Waals surface area contributed by atoms with Gasteiger partial charge in [0.15, 0.2) is 0 Å². The molecule has 0 aliphatic carbocycles. The number of hydrogen-bond acceptors (Lipinski definition) is 4. The zero-order valence-corrected chi connectivity index (χ0v) is 11.2. The third-order valence-electron chi connectivity index (χ3n) is 3.58. The van der Waals surface area contributed by atoms with E-state index in [1.54, 1.807) is 0 Å². The monoisotopic (exact) mass is 256 g/mol. The number of carbonyl (C=O) groups is 1. The number of ether oxygens (including phenoxy) is 2. The summed E-state index contributed by atoms with van der Waals surface area (Å²) in [5, 5.41) is 6.24. The Labute approximate surface area is 109 Å². The molecule has 0 radical (unpaired) electrons. The summed E-state index contributed by atoms with van der Waals surface area (Å²) in [6, 6.07) is 0. The summed E-state index contributed by atoms with van der Waals surface area (Å²) in [6.45, 7) is 6.91. The molecule has 2 N–H and O–H groups in total. The Morgan fingerprint density at radius 1 is 1.44 bits per heavy atom. The third-order valence-corrected chi connectivity index (χ3v) is 3.58. The minimum absolute atomic E-state index is 0.0806. The lowest BCUT2D eigenvalue weighted by Crippen LogP contribution is -2.48. The summed E-state index contributed by atoms with van der Waals surface area (Å²) in [5.41, 5.74) is 0.144. The smallest absolute Gasteiger partial charge is 0.222 e. The van der Waals surface area contributed by atoms with Crippen LogP contribution in [0.15, 0.2) is 0 Å². The molecule has 1 amide bonds. The van der Waals surface area contributed by atoms with Crippen LogP contribution in [0.2, 0.25) is 0 Å². The van der Waals surface area contributed by atoms with Crippen molar-refractivity contribution >= 4 is 5.91 Å². The molecular formula is C13H24N2O3. The van der Waals surface area contributed by atoms with Crippen molar-refractivity contribution in [3.8, 4) is 0 Å². The van der Waals surface area contributed by atoms with Crippen molar-refractivity contribution in [1.82, 2.24) is 10.6 Å². The molecule has 5 nitrogen and oxygen atoms in total. The topological polar surface area (TPSA) is 59.6 Å². The fourth-order valence-electron chi connectivity index (χ4n) is 2.23. The van der Waals surface area contributed by atoms with Gasteiger partial charge in [-0.3, -0.25) is 4.79 Å². The highest BCUT2D eigenvalue weighted by molar-refractivity contribution is 5.76. The van der Waals surface area contributed by atoms with Gasteiger partial charge in [-0.15, -0.1) is 0 Å². The van der Waals surface area contributed by atoms with Gasteiger partial charge >= 0.3 is 0 Å². The molecule has 0 bridgehead atoms. The first-order valence-corrected chi connectivity index (χ1v) is 6.85. The van der Waals surface area contributed by atoms with Gasteiger partial charge in [0.25, 0.3) is 0 Å². The Kier molecular flexibility index (Phi) is 4.97. The highest BCUT2D eigenvalue weighted by atomic mass is 16.5. The lowest BCUT2D eigenvalue weighted by molar-refractivity contribution is -0.128. The normalized spacial score (nSPS) is 23.4. The number of hydrogen-bond donors (Lipinski definition) is 2. The lowest BCUT2D eigenvalue weighted by Gasteiger charge is -2.38. The Hall–Kier alpha value is -0.650. The van der Waals surface area contributed by atoms with Crippen LogP contribution in [0.3, 0.4) is 0 Å². The van der Waals surface area contributed by atoms with Crippen molar-refractivity contribution in [2.75, 3.05) is 39.5 Å². The van der Waals surface area contributed by atoms with Gasteiger partial charge < -0.3 is 20.1 Å². The second kappa shape index (κ2) is 6.50. The van der Waals surface area contributed by atoms with Crippen LogP contribution in [0, 0.1) is 5.41 Å². The highest BCUT2D eigenvalue weighted by Crippen LogP contribution is 2.24. The average molecular weight is 256 g/mol. The van der Waals surface area contributed by atoms with E-state index in [0.717, 1.165) is 39.1 Å². The molecule has 2 saturated heterocycles. The summed E-state index contributed by atoms with van der Waals surface area (Å²) >= 11 is 0. The first-order chi connectivity index (χ1) is 8.68. The molecular weight excluding hydrogens is 232 g/mol. The van der Waals surface area contributed by atoms with E-state index >= 15 is 0 Å². The molecule has 0 atom stereocenters. The fourth-order valence-corrected chi connectivity index (χ4v) is 2.23. The number of nitrogens with one attached hydrogen (secondary N) is 2. The van der Waals surface area contributed by atoms with E-state index in [2.05, 4.69) is 17.6 Å². The van der Waals surface area contributed by atoms with Crippen LogP contribution < -0.4 is 10.6 Å². The molecule has 2 fully saturated rings. The van der Waals surface area contributed by atoms with E-state index in [-0.39, 0.29) is 11.3 Å². The SMILES string of the molecule is CC1(CNC(=O)CCOC2CCNCC2)COC1. The minimum atomic E-state index is 0.0806. The van der Waals surface area contributed by atoms with Crippen molar-refractivity contribution in [3.63, 3.8) is 0 Å². The van der Waals surface area contributed by atoms with Crippen LogP contribution in [0.5, 0.6) is 0 Å². The summed E-state index contributed by atoms with van der Waals surface area (Å²) in [4.78, 5) is 11.6. The van der Waals surface area contributed by atoms with E-state index in [1.807, 2.05) is 0 Å². The maximum Gasteiger partial charge on any atom is 0.222 e. The van der Waals surface area contributed by atoms with Gasteiger partial charge in [-0.25, -0.2) is 0 Å². The Morgan fingerprint density at radius 2 is 2.17 bits per heavy atom. The summed E-state index contributed by atoms with van der Waals surface area (Å²) in [7, 11) is 0. The molecule has 0 aromatic heterocycles. The van der Waals surface area contributed by atoms with Crippen LogP contribution >= 0.6 is 0 Å². The first kappa shape index (κ1) is 13.8. The molecule has 0 spiro atoms. The largest absolute Gasteiger partial charge is 0.380 e. The molecule has 104 valence electrons. The predicted octanol–water partition coefficient (Wildman–Crippen LogP) is 0.298. The Balaban J connectivity index is 1.51. The second-order valence-electron chi connectivity index (χ2n) is 5.65. The van der Waals surface area contributed by atoms with Gasteiger partial charge in [-0.2, -0.15) is 0 Å². The standard InChI is InChI=1S/C13H24N2O3/c1-13(9-17-10-13)8-15-12(16)4-7-18-11-2-5-14-6-3-11/h11,14H,2-10H2,1H3,(H,15,16). The van der Waals surface area contributed by atoms with Crippen molar-refractivity contribution in [3.05, 3.63) is 0 Å². The fraction of sp³-hybridized carbons (Fsp3) is 0.923. The second-order valence-corrected chi connectivity index (χ2v) is 5.65. The summed E-state index contributed by atoms with van der Waals surface area (Å²) < 4.78 is 10.8. The maximum atomic E-state index is 11.6. The van der Waals surface area contributed by atoms with E-state index < -0.39 is 0 Å². The minimum Gasteiger partial charge on any atom is -0.380 e. The van der Waals surface area contributed by atoms with Crippen molar-refractivity contribution in [2.45, 2.75) is 32.3 Å². The van der Waals surface area contributed by atoms with Gasteiger partial charge in [0.05, 0.1) is 25.9 Å². The zero-order valence-electron chi connectivity index (χ0n) is 11.2. The molecule has 0 saturated carbocycles. The molecule has 5 heteroatoms. The van der Waals surface area contributed by atoms with Gasteiger partial charge in [-0.1, -0.05) is 6.92 Å². The predicted molar refractivity (Wildman–Crippen MR) is 68.4 cm³/mol. The van der Waals surface area contributed by atoms with Crippen molar-refractivity contribution in [2.24, 2.45) is 5.41 Å². The molecule has 0 unspecified atom stereocenters. The first-order valence-electron chi connectivity index (χ1n) is 6.85. The van der Waals surface area contributed by atoms with E-state index in [9.17, 15) is 4.79 Å². The van der Waals surface area contributed by atoms with E-state index in [0.29, 0.717) is 25.7 Å². The number of piperidine rings is 1. The van der Waals surface area contributed by atoms with E-state index in [1.165, 1.54) is 0 Å². The van der Waals surface area contributed by atoms with Crippen LogP contribution in [-0.4, -0.2) is 51.5 Å². The molecule has 2 heterocycles. The number of rotatable bonds is 6. The molecule has 0 aromatic carbocycles. The summed E-state index contributed by atoms with van der Waals surface area (Å²) in [5.74, 6) is 0.0806. The zero-order chi connectivity index (χ0) is 12.8. The van der Waals surface area contributed by atoms with Gasteiger partial charge in [0.1, 0.15) is 0 Å². The molecule has 2 aliphatic heterocycles. The maximum absolute atomic E-state index is 11.6. The third kappa shape index (κ3) is 4.23. The van der Waals surface area contributed by atoms with Crippen molar-refractivity contribution < 1.29 is 14.3 Å². The quantitative estimate of drug-likeness (QED) is 0.717. The summed E-state index contributed by atoms with van der Waals surface area (Å²) in [6.07, 6.45) is 2.89. The molecule has 2 rings (SSSR count). The Bertz CT molecular complexity index is 273. The van der Waals surface area contributed by atoms with Crippen LogP contribution in [0.25, 0.3) is 0 Å². The van der Waals surface area contributed by atoms with Gasteiger partial charge in [-0.05, 0) is 25.9 Å². The Morgan fingerprint density at radius 3 is 2.78 bits per heavy atom. The lowest BCUT2D eigenvalue weighted by atomic mass is 9.89. The number of carbonyl (C=O) groups excluding carboxylic acids is 1. The van der Waals surface area contributed by atoms with Crippen LogP contribution in [-0.2, 0) is 14.3 Å². The highest BCUT2D eigenvalue weighted by Gasteiger charge is 2.33. The average Bonchev–Trinajstić information content (AvgIpc) is 2.35.